The minimum Gasteiger partial charge on any atom is -0.423 e. The first-order chi connectivity index (χ1) is 10.3. The summed E-state index contributed by atoms with van der Waals surface area (Å²) in [5.74, 6) is 0.674. The minimum absolute atomic E-state index is 0.102. The van der Waals surface area contributed by atoms with Crippen LogP contribution >= 0.6 is 0 Å². The highest BCUT2D eigenvalue weighted by Crippen LogP contribution is 2.35. The number of nitrogens with zero attached hydrogens (tertiary/aromatic N) is 4. The maximum absolute atomic E-state index is 5.95. The van der Waals surface area contributed by atoms with Crippen molar-refractivity contribution in [2.24, 2.45) is 5.73 Å². The van der Waals surface area contributed by atoms with Gasteiger partial charge < -0.3 is 19.9 Å². The van der Waals surface area contributed by atoms with Gasteiger partial charge in [0.15, 0.2) is 0 Å². The second-order valence-electron chi connectivity index (χ2n) is 5.15. The van der Waals surface area contributed by atoms with E-state index in [2.05, 4.69) is 15.5 Å². The Balaban J connectivity index is 1.58. The van der Waals surface area contributed by atoms with Crippen molar-refractivity contribution >= 4 is 0 Å². The van der Waals surface area contributed by atoms with Crippen molar-refractivity contribution in [2.75, 3.05) is 13.2 Å². The summed E-state index contributed by atoms with van der Waals surface area (Å²) >= 11 is 0. The number of hydrogen-bond donors (Lipinski definition) is 1. The summed E-state index contributed by atoms with van der Waals surface area (Å²) < 4.78 is 18.7. The third-order valence-corrected chi connectivity index (χ3v) is 3.79. The van der Waals surface area contributed by atoms with Crippen LogP contribution < -0.4 is 10.5 Å². The van der Waals surface area contributed by atoms with Crippen molar-refractivity contribution in [1.82, 2.24) is 20.2 Å². The Bertz CT molecular complexity index is 619. The van der Waals surface area contributed by atoms with Gasteiger partial charge in [0.25, 0.3) is 0 Å². The molecule has 0 radical (unpaired) electrons. The molecule has 1 aromatic heterocycles. The molecule has 0 saturated carbocycles. The van der Waals surface area contributed by atoms with Gasteiger partial charge in [0.1, 0.15) is 24.0 Å². The van der Waals surface area contributed by atoms with Crippen LogP contribution in [0.15, 0.2) is 30.3 Å². The molecule has 0 amide bonds. The molecular formula is C13H15N5O3. The molecule has 2 N–H and O–H groups in total. The van der Waals surface area contributed by atoms with E-state index >= 15 is 0 Å². The van der Waals surface area contributed by atoms with Gasteiger partial charge in [-0.2, -0.15) is 4.68 Å². The van der Waals surface area contributed by atoms with Gasteiger partial charge >= 0.3 is 6.01 Å². The van der Waals surface area contributed by atoms with Crippen LogP contribution in [-0.2, 0) is 9.47 Å². The summed E-state index contributed by atoms with van der Waals surface area (Å²) in [5.41, 5.74) is 5.95. The van der Waals surface area contributed by atoms with Crippen LogP contribution in [0.2, 0.25) is 0 Å². The highest BCUT2D eigenvalue weighted by Gasteiger charge is 2.48. The number of rotatable bonds is 3. The number of aromatic nitrogens is 4. The van der Waals surface area contributed by atoms with Crippen LogP contribution in [0, 0.1) is 0 Å². The Morgan fingerprint density at radius 3 is 2.81 bits per heavy atom. The highest BCUT2D eigenvalue weighted by molar-refractivity contribution is 5.24. The maximum atomic E-state index is 5.95. The number of para-hydroxylation sites is 1. The molecule has 110 valence electrons. The van der Waals surface area contributed by atoms with E-state index in [1.54, 1.807) is 4.68 Å². The molecule has 0 bridgehead atoms. The number of nitrogens with two attached hydrogens (primary N) is 1. The molecular weight excluding hydrogens is 274 g/mol. The van der Waals surface area contributed by atoms with E-state index in [-0.39, 0.29) is 24.3 Å². The lowest BCUT2D eigenvalue weighted by Gasteiger charge is -2.16. The summed E-state index contributed by atoms with van der Waals surface area (Å²) in [6.07, 6.45) is -0.245. The van der Waals surface area contributed by atoms with Gasteiger partial charge in [-0.15, -0.1) is 0 Å². The van der Waals surface area contributed by atoms with E-state index in [9.17, 15) is 0 Å². The summed E-state index contributed by atoms with van der Waals surface area (Å²) in [6, 6.07) is 9.46. The zero-order valence-electron chi connectivity index (χ0n) is 11.2. The SMILES string of the molecule is N[C@H]1CO[C@H]2[C@@H]1OC[C@@H]2n1nnnc1Oc1ccccc1. The lowest BCUT2D eigenvalue weighted by molar-refractivity contribution is 0.0617. The van der Waals surface area contributed by atoms with E-state index in [0.717, 1.165) is 0 Å². The standard InChI is InChI=1S/C13H15N5O3/c14-9-6-19-12-10(7-20-11(9)12)18-13(15-16-17-18)21-8-4-2-1-3-5-8/h1-5,9-12H,6-7,14H2/t9-,10-,11+,12+/m0/s1. The molecule has 3 heterocycles. The molecule has 2 fully saturated rings. The Morgan fingerprint density at radius 1 is 1.14 bits per heavy atom. The topological polar surface area (TPSA) is 97.3 Å². The number of ether oxygens (including phenoxy) is 3. The zero-order chi connectivity index (χ0) is 14.2. The normalized spacial score (nSPS) is 31.3. The van der Waals surface area contributed by atoms with Crippen LogP contribution in [0.5, 0.6) is 11.8 Å². The quantitative estimate of drug-likeness (QED) is 0.857. The predicted octanol–water partition coefficient (Wildman–Crippen LogP) is 0.131. The van der Waals surface area contributed by atoms with E-state index in [0.29, 0.717) is 25.0 Å². The number of benzene rings is 1. The van der Waals surface area contributed by atoms with Gasteiger partial charge in [0, 0.05) is 0 Å². The molecule has 1 aromatic carbocycles. The first-order valence-electron chi connectivity index (χ1n) is 6.82. The third-order valence-electron chi connectivity index (χ3n) is 3.79. The highest BCUT2D eigenvalue weighted by atomic mass is 16.6. The Hall–Kier alpha value is -2.03. The van der Waals surface area contributed by atoms with Crippen LogP contribution in [-0.4, -0.2) is 51.7 Å². The van der Waals surface area contributed by atoms with Crippen LogP contribution in [0.25, 0.3) is 0 Å². The van der Waals surface area contributed by atoms with Gasteiger partial charge in [-0.1, -0.05) is 23.3 Å². The maximum Gasteiger partial charge on any atom is 0.341 e. The molecule has 8 heteroatoms. The Kier molecular flexibility index (Phi) is 3.06. The average Bonchev–Trinajstić information content (AvgIpc) is 3.19. The van der Waals surface area contributed by atoms with Gasteiger partial charge in [0.05, 0.1) is 19.3 Å². The molecule has 4 atom stereocenters. The van der Waals surface area contributed by atoms with Crippen molar-refractivity contribution < 1.29 is 14.2 Å². The van der Waals surface area contributed by atoms with Gasteiger partial charge in [-0.25, -0.2) is 0 Å². The Labute approximate surface area is 120 Å². The lowest BCUT2D eigenvalue weighted by atomic mass is 10.1. The molecule has 0 aliphatic carbocycles. The fourth-order valence-corrected chi connectivity index (χ4v) is 2.77. The van der Waals surface area contributed by atoms with Crippen LogP contribution in [0.1, 0.15) is 6.04 Å². The van der Waals surface area contributed by atoms with Gasteiger partial charge in [0.2, 0.25) is 0 Å². The van der Waals surface area contributed by atoms with Crippen molar-refractivity contribution in [1.29, 1.82) is 0 Å². The van der Waals surface area contributed by atoms with E-state index < -0.39 is 0 Å². The molecule has 8 nitrogen and oxygen atoms in total. The first-order valence-corrected chi connectivity index (χ1v) is 6.82. The average molecular weight is 289 g/mol. The molecule has 4 rings (SSSR count). The largest absolute Gasteiger partial charge is 0.423 e. The van der Waals surface area contributed by atoms with E-state index in [4.69, 9.17) is 19.9 Å². The monoisotopic (exact) mass is 289 g/mol. The molecule has 21 heavy (non-hydrogen) atoms. The van der Waals surface area contributed by atoms with E-state index in [1.165, 1.54) is 0 Å². The fourth-order valence-electron chi connectivity index (χ4n) is 2.77. The predicted molar refractivity (Wildman–Crippen MR) is 70.8 cm³/mol. The van der Waals surface area contributed by atoms with Crippen molar-refractivity contribution in [3.63, 3.8) is 0 Å². The summed E-state index contributed by atoms with van der Waals surface area (Å²) in [7, 11) is 0. The molecule has 2 aliphatic rings. The minimum atomic E-state index is -0.137. The number of fused-ring (bicyclic) bond motifs is 1. The Morgan fingerprint density at radius 2 is 1.95 bits per heavy atom. The second kappa shape index (κ2) is 5.06. The third kappa shape index (κ3) is 2.17. The van der Waals surface area contributed by atoms with E-state index in [1.807, 2.05) is 30.3 Å². The molecule has 0 unspecified atom stereocenters. The molecule has 2 aromatic rings. The van der Waals surface area contributed by atoms with Crippen LogP contribution in [0.4, 0.5) is 0 Å². The second-order valence-corrected chi connectivity index (χ2v) is 5.15. The smallest absolute Gasteiger partial charge is 0.341 e. The lowest BCUT2D eigenvalue weighted by Crippen LogP contribution is -2.36. The van der Waals surface area contributed by atoms with Crippen molar-refractivity contribution in [3.05, 3.63) is 30.3 Å². The summed E-state index contributed by atoms with van der Waals surface area (Å²) in [4.78, 5) is 0. The molecule has 2 aliphatic heterocycles. The number of hydrogen-bond acceptors (Lipinski definition) is 7. The summed E-state index contributed by atoms with van der Waals surface area (Å²) in [5, 5.41) is 11.6. The van der Waals surface area contributed by atoms with Gasteiger partial charge in [-0.3, -0.25) is 0 Å². The van der Waals surface area contributed by atoms with Crippen molar-refractivity contribution in [3.8, 4) is 11.8 Å². The van der Waals surface area contributed by atoms with Crippen LogP contribution in [0.3, 0.4) is 0 Å². The molecule has 2 saturated heterocycles. The van der Waals surface area contributed by atoms with Crippen molar-refractivity contribution in [2.45, 2.75) is 24.3 Å². The van der Waals surface area contributed by atoms with Gasteiger partial charge in [-0.05, 0) is 22.6 Å². The summed E-state index contributed by atoms with van der Waals surface area (Å²) in [6.45, 7) is 0.946. The zero-order valence-corrected chi connectivity index (χ0v) is 11.2. The first kappa shape index (κ1) is 12.7. The fraction of sp³-hybridized carbons (Fsp3) is 0.462. The molecule has 0 spiro atoms. The number of tetrazole rings is 1.